The molecule has 9 heteroatoms. The lowest BCUT2D eigenvalue weighted by atomic mass is 9.93. The minimum atomic E-state index is -0.546. The van der Waals surface area contributed by atoms with Crippen LogP contribution in [0.3, 0.4) is 0 Å². The number of hydrogen-bond donors (Lipinski definition) is 2. The number of halogens is 1. The van der Waals surface area contributed by atoms with E-state index in [0.29, 0.717) is 13.1 Å². The van der Waals surface area contributed by atoms with Crippen molar-refractivity contribution in [2.24, 2.45) is 16.8 Å². The van der Waals surface area contributed by atoms with Crippen molar-refractivity contribution in [1.29, 1.82) is 0 Å². The van der Waals surface area contributed by atoms with Crippen LogP contribution < -0.4 is 10.6 Å². The second-order valence-corrected chi connectivity index (χ2v) is 8.53. The van der Waals surface area contributed by atoms with Gasteiger partial charge in [0, 0.05) is 26.7 Å². The zero-order chi connectivity index (χ0) is 21.5. The number of carbonyl (C=O) groups is 2. The lowest BCUT2D eigenvalue weighted by Crippen LogP contribution is -2.57. The Morgan fingerprint density at radius 3 is 2.21 bits per heavy atom. The summed E-state index contributed by atoms with van der Waals surface area (Å²) in [6, 6.07) is 0. The number of esters is 1. The minimum absolute atomic E-state index is 0. The molecule has 1 rings (SSSR count). The van der Waals surface area contributed by atoms with E-state index in [1.165, 1.54) is 7.11 Å². The summed E-state index contributed by atoms with van der Waals surface area (Å²) in [5.41, 5.74) is -0.999. The summed E-state index contributed by atoms with van der Waals surface area (Å²) in [5, 5.41) is 6.40. The highest BCUT2D eigenvalue weighted by molar-refractivity contribution is 14.0. The number of rotatable bonds is 6. The standard InChI is InChI=1S/C20H38N4O4.HI/c1-9-20(10-2,23-18(26)28-19(4,5)6)13-22-17(21-7)24-11-14(3)15(12-24)16(25)27-8;/h14-15H,9-13H2,1-8H3,(H,21,22)(H,23,26);1H. The van der Waals surface area contributed by atoms with Crippen molar-refractivity contribution in [3.05, 3.63) is 0 Å². The smallest absolute Gasteiger partial charge is 0.408 e. The molecule has 170 valence electrons. The highest BCUT2D eigenvalue weighted by Gasteiger charge is 2.38. The second-order valence-electron chi connectivity index (χ2n) is 8.53. The fourth-order valence-electron chi connectivity index (χ4n) is 3.42. The lowest BCUT2D eigenvalue weighted by Gasteiger charge is -2.35. The van der Waals surface area contributed by atoms with E-state index in [0.717, 1.165) is 25.3 Å². The third-order valence-electron chi connectivity index (χ3n) is 5.33. The van der Waals surface area contributed by atoms with Crippen LogP contribution in [0.1, 0.15) is 54.4 Å². The molecule has 1 fully saturated rings. The van der Waals surface area contributed by atoms with Crippen LogP contribution in [-0.4, -0.2) is 67.9 Å². The van der Waals surface area contributed by atoms with Gasteiger partial charge in [0.25, 0.3) is 0 Å². The number of ether oxygens (including phenoxy) is 2. The van der Waals surface area contributed by atoms with Crippen LogP contribution in [0.15, 0.2) is 4.99 Å². The van der Waals surface area contributed by atoms with Gasteiger partial charge in [-0.15, -0.1) is 24.0 Å². The van der Waals surface area contributed by atoms with Crippen LogP contribution in [0.2, 0.25) is 0 Å². The second kappa shape index (κ2) is 11.8. The first-order valence-corrected chi connectivity index (χ1v) is 10.1. The molecule has 8 nitrogen and oxygen atoms in total. The predicted octanol–water partition coefficient (Wildman–Crippen LogP) is 3.00. The van der Waals surface area contributed by atoms with Crippen molar-refractivity contribution in [3.63, 3.8) is 0 Å². The summed E-state index contributed by atoms with van der Waals surface area (Å²) in [6.07, 6.45) is 1.07. The molecular weight excluding hydrogens is 487 g/mol. The maximum atomic E-state index is 12.3. The fourth-order valence-corrected chi connectivity index (χ4v) is 3.42. The summed E-state index contributed by atoms with van der Waals surface area (Å²) in [6.45, 7) is 13.5. The molecule has 0 aliphatic carbocycles. The number of nitrogens with one attached hydrogen (secondary N) is 2. The molecule has 0 spiro atoms. The maximum absolute atomic E-state index is 12.3. The van der Waals surface area contributed by atoms with E-state index in [4.69, 9.17) is 9.47 Å². The van der Waals surface area contributed by atoms with Gasteiger partial charge in [-0.1, -0.05) is 20.8 Å². The number of likely N-dealkylation sites (tertiary alicyclic amines) is 1. The molecule has 0 bridgehead atoms. The van der Waals surface area contributed by atoms with E-state index in [9.17, 15) is 9.59 Å². The molecule has 1 aliphatic rings. The van der Waals surface area contributed by atoms with Crippen LogP contribution in [0.5, 0.6) is 0 Å². The van der Waals surface area contributed by atoms with Gasteiger partial charge in [0.1, 0.15) is 5.60 Å². The number of nitrogens with zero attached hydrogens (tertiary/aromatic N) is 2. The van der Waals surface area contributed by atoms with Gasteiger partial charge in [0.2, 0.25) is 0 Å². The first-order chi connectivity index (χ1) is 13.0. The van der Waals surface area contributed by atoms with Gasteiger partial charge >= 0.3 is 12.1 Å². The van der Waals surface area contributed by atoms with Crippen LogP contribution >= 0.6 is 24.0 Å². The van der Waals surface area contributed by atoms with Crippen molar-refractivity contribution in [2.45, 2.75) is 65.5 Å². The van der Waals surface area contributed by atoms with E-state index in [2.05, 4.69) is 20.5 Å². The SMILES string of the molecule is CCC(CC)(CNC(=NC)N1CC(C)C(C(=O)OC)C1)NC(=O)OC(C)(C)C.I. The Morgan fingerprint density at radius 1 is 1.17 bits per heavy atom. The molecule has 2 N–H and O–H groups in total. The average molecular weight is 526 g/mol. The number of carbonyl (C=O) groups excluding carboxylic acids is 2. The summed E-state index contributed by atoms with van der Waals surface area (Å²) in [5.74, 6) is 0.558. The summed E-state index contributed by atoms with van der Waals surface area (Å²) in [4.78, 5) is 30.7. The summed E-state index contributed by atoms with van der Waals surface area (Å²) >= 11 is 0. The van der Waals surface area contributed by atoms with Crippen LogP contribution in [0, 0.1) is 11.8 Å². The molecule has 2 unspecified atom stereocenters. The van der Waals surface area contributed by atoms with E-state index in [1.54, 1.807) is 7.05 Å². The molecule has 1 saturated heterocycles. The van der Waals surface area contributed by atoms with E-state index in [1.807, 2.05) is 41.5 Å². The van der Waals surface area contributed by atoms with Gasteiger partial charge in [0.05, 0.1) is 18.6 Å². The predicted molar refractivity (Wildman–Crippen MR) is 126 cm³/mol. The summed E-state index contributed by atoms with van der Waals surface area (Å²) in [7, 11) is 3.14. The molecule has 1 amide bonds. The Morgan fingerprint density at radius 2 is 1.76 bits per heavy atom. The molecule has 2 atom stereocenters. The number of aliphatic imine (C=N–C) groups is 1. The van der Waals surface area contributed by atoms with Gasteiger partial charge in [-0.05, 0) is 39.5 Å². The van der Waals surface area contributed by atoms with Gasteiger partial charge in [-0.25, -0.2) is 4.79 Å². The van der Waals surface area contributed by atoms with Crippen LogP contribution in [-0.2, 0) is 14.3 Å². The third-order valence-corrected chi connectivity index (χ3v) is 5.33. The first kappa shape index (κ1) is 27.7. The van der Waals surface area contributed by atoms with Gasteiger partial charge in [-0.2, -0.15) is 0 Å². The molecule has 1 aliphatic heterocycles. The Kier molecular flexibility index (Phi) is 11.3. The Balaban J connectivity index is 0.00000784. The van der Waals surface area contributed by atoms with Crippen molar-refractivity contribution in [2.75, 3.05) is 33.8 Å². The quantitative estimate of drug-likeness (QED) is 0.239. The molecule has 0 aromatic heterocycles. The number of guanidine groups is 1. The van der Waals surface area contributed by atoms with Crippen LogP contribution in [0.25, 0.3) is 0 Å². The van der Waals surface area contributed by atoms with Gasteiger partial charge in [-0.3, -0.25) is 9.79 Å². The van der Waals surface area contributed by atoms with Crippen molar-refractivity contribution in [3.8, 4) is 0 Å². The molecule has 29 heavy (non-hydrogen) atoms. The highest BCUT2D eigenvalue weighted by Crippen LogP contribution is 2.24. The fraction of sp³-hybridized carbons (Fsp3) is 0.850. The monoisotopic (exact) mass is 526 g/mol. The Labute approximate surface area is 192 Å². The molecule has 0 aromatic rings. The van der Waals surface area contributed by atoms with E-state index < -0.39 is 17.2 Å². The van der Waals surface area contributed by atoms with Crippen molar-refractivity contribution < 1.29 is 19.1 Å². The molecule has 0 saturated carbocycles. The molecule has 1 heterocycles. The number of hydrogen-bond acceptors (Lipinski definition) is 5. The number of amides is 1. The Bertz CT molecular complexity index is 573. The van der Waals surface area contributed by atoms with Gasteiger partial charge in [0.15, 0.2) is 5.96 Å². The molecule has 0 aromatic carbocycles. The largest absolute Gasteiger partial charge is 0.469 e. The molecule has 0 radical (unpaired) electrons. The summed E-state index contributed by atoms with van der Waals surface area (Å²) < 4.78 is 10.3. The third kappa shape index (κ3) is 8.18. The Hall–Kier alpha value is -1.26. The zero-order valence-electron chi connectivity index (χ0n) is 19.1. The van der Waals surface area contributed by atoms with Crippen molar-refractivity contribution >= 4 is 42.0 Å². The zero-order valence-corrected chi connectivity index (χ0v) is 21.5. The normalized spacial score (nSPS) is 20.0. The topological polar surface area (TPSA) is 92.3 Å². The van der Waals surface area contributed by atoms with E-state index >= 15 is 0 Å². The number of methoxy groups -OCH3 is 1. The molecular formula is C20H39IN4O4. The van der Waals surface area contributed by atoms with Gasteiger partial charge < -0.3 is 25.0 Å². The average Bonchev–Trinajstić information content (AvgIpc) is 3.00. The minimum Gasteiger partial charge on any atom is -0.469 e. The lowest BCUT2D eigenvalue weighted by molar-refractivity contribution is -0.146. The van der Waals surface area contributed by atoms with Crippen LogP contribution in [0.4, 0.5) is 4.79 Å². The highest BCUT2D eigenvalue weighted by atomic mass is 127. The maximum Gasteiger partial charge on any atom is 0.408 e. The first-order valence-electron chi connectivity index (χ1n) is 10.1. The van der Waals surface area contributed by atoms with Crippen molar-refractivity contribution in [1.82, 2.24) is 15.5 Å². The number of alkyl carbamates (subject to hydrolysis) is 1. The van der Waals surface area contributed by atoms with E-state index in [-0.39, 0.29) is 41.8 Å².